The van der Waals surface area contributed by atoms with Gasteiger partial charge in [0.2, 0.25) is 0 Å². The molecule has 10 heteroatoms. The summed E-state index contributed by atoms with van der Waals surface area (Å²) in [4.78, 5) is 40.1. The Kier molecular flexibility index (Phi) is 6.38. The summed E-state index contributed by atoms with van der Waals surface area (Å²) in [5, 5.41) is 14.9. The number of aromatic hydroxyl groups is 1. The van der Waals surface area contributed by atoms with Crippen molar-refractivity contribution in [2.24, 2.45) is 5.10 Å². The van der Waals surface area contributed by atoms with E-state index in [0.717, 1.165) is 21.7 Å². The van der Waals surface area contributed by atoms with Gasteiger partial charge in [-0.25, -0.2) is 4.79 Å². The maximum Gasteiger partial charge on any atom is 0.359 e. The fourth-order valence-electron chi connectivity index (χ4n) is 3.11. The molecule has 2 aliphatic rings. The minimum atomic E-state index is -0.781. The summed E-state index contributed by atoms with van der Waals surface area (Å²) in [6.07, 6.45) is 2.81. The molecule has 0 atom stereocenters. The minimum absolute atomic E-state index is 0.0641. The highest BCUT2D eigenvalue weighted by Gasteiger charge is 2.39. The smallest absolute Gasteiger partial charge is 0.359 e. The normalized spacial score (nSPS) is 18.5. The first-order valence-corrected chi connectivity index (χ1v) is 11.0. The van der Waals surface area contributed by atoms with Crippen molar-refractivity contribution in [2.75, 3.05) is 11.6 Å². The highest BCUT2D eigenvalue weighted by atomic mass is 32.2. The molecule has 4 rings (SSSR count). The Labute approximate surface area is 198 Å². The van der Waals surface area contributed by atoms with Crippen LogP contribution >= 0.6 is 24.0 Å². The molecule has 2 aliphatic heterocycles. The summed E-state index contributed by atoms with van der Waals surface area (Å²) < 4.78 is 5.24. The Morgan fingerprint density at radius 2 is 1.91 bits per heavy atom. The molecule has 2 aromatic carbocycles. The van der Waals surface area contributed by atoms with Crippen LogP contribution in [0.2, 0.25) is 0 Å². The second-order valence-electron chi connectivity index (χ2n) is 6.81. The lowest BCUT2D eigenvalue weighted by Gasteiger charge is -2.12. The predicted molar refractivity (Wildman–Crippen MR) is 129 cm³/mol. The number of anilines is 1. The van der Waals surface area contributed by atoms with Crippen LogP contribution in [0.5, 0.6) is 5.75 Å². The van der Waals surface area contributed by atoms with Crippen LogP contribution in [0.15, 0.2) is 76.4 Å². The van der Waals surface area contributed by atoms with Gasteiger partial charge in [0, 0.05) is 6.20 Å². The summed E-state index contributed by atoms with van der Waals surface area (Å²) >= 11 is 6.39. The van der Waals surface area contributed by atoms with Gasteiger partial charge in [-0.1, -0.05) is 54.3 Å². The second kappa shape index (κ2) is 9.39. The molecule has 0 aromatic heterocycles. The highest BCUT2D eigenvalue weighted by Crippen LogP contribution is 2.34. The van der Waals surface area contributed by atoms with Gasteiger partial charge in [0.05, 0.1) is 22.8 Å². The molecule has 2 aromatic rings. The van der Waals surface area contributed by atoms with Gasteiger partial charge in [0.1, 0.15) is 5.75 Å². The average molecular weight is 480 g/mol. The fraction of sp³-hybridized carbons (Fsp3) is 0.0870. The molecular formula is C23H17N3O5S2. The summed E-state index contributed by atoms with van der Waals surface area (Å²) in [5.74, 6) is -1.77. The van der Waals surface area contributed by atoms with Crippen molar-refractivity contribution >= 4 is 63.6 Å². The number of para-hydroxylation sites is 1. The Bertz CT molecular complexity index is 1250. The van der Waals surface area contributed by atoms with E-state index in [0.29, 0.717) is 16.2 Å². The predicted octanol–water partition coefficient (Wildman–Crippen LogP) is 3.44. The van der Waals surface area contributed by atoms with Gasteiger partial charge in [0.15, 0.2) is 10.0 Å². The van der Waals surface area contributed by atoms with E-state index < -0.39 is 17.8 Å². The number of phenols is 1. The first kappa shape index (κ1) is 22.4. The maximum absolute atomic E-state index is 13.1. The third-order valence-electron chi connectivity index (χ3n) is 4.60. The van der Waals surface area contributed by atoms with Crippen LogP contribution in [-0.2, 0) is 19.1 Å². The SMILES string of the molecule is CCOC(=O)C1=NN(c2ccccc2)C(=O)C1=CN1C(=O)C(=Cc2cccc(O)c2)SC1=S. The summed E-state index contributed by atoms with van der Waals surface area (Å²) in [7, 11) is 0. The Morgan fingerprint density at radius 1 is 1.15 bits per heavy atom. The number of carbonyl (C=O) groups is 3. The quantitative estimate of drug-likeness (QED) is 0.398. The van der Waals surface area contributed by atoms with Crippen LogP contribution in [0.4, 0.5) is 5.69 Å². The average Bonchev–Trinajstić information content (AvgIpc) is 3.26. The summed E-state index contributed by atoms with van der Waals surface area (Å²) in [6.45, 7) is 1.74. The third-order valence-corrected chi connectivity index (χ3v) is 5.93. The van der Waals surface area contributed by atoms with Crippen LogP contribution in [0.1, 0.15) is 12.5 Å². The van der Waals surface area contributed by atoms with Crippen LogP contribution in [-0.4, -0.2) is 44.4 Å². The number of rotatable bonds is 5. The molecule has 0 aliphatic carbocycles. The topological polar surface area (TPSA) is 99.5 Å². The lowest BCUT2D eigenvalue weighted by molar-refractivity contribution is -0.135. The molecule has 1 saturated heterocycles. The van der Waals surface area contributed by atoms with Gasteiger partial charge in [0.25, 0.3) is 11.8 Å². The number of hydrogen-bond acceptors (Lipinski definition) is 8. The van der Waals surface area contributed by atoms with E-state index in [1.54, 1.807) is 55.5 Å². The third kappa shape index (κ3) is 4.57. The van der Waals surface area contributed by atoms with Crippen LogP contribution < -0.4 is 5.01 Å². The van der Waals surface area contributed by atoms with E-state index >= 15 is 0 Å². The number of esters is 1. The van der Waals surface area contributed by atoms with Gasteiger partial charge in [-0.05, 0) is 42.8 Å². The lowest BCUT2D eigenvalue weighted by Crippen LogP contribution is -2.28. The monoisotopic (exact) mass is 479 g/mol. The van der Waals surface area contributed by atoms with Gasteiger partial charge < -0.3 is 9.84 Å². The van der Waals surface area contributed by atoms with Crippen molar-refractivity contribution in [2.45, 2.75) is 6.92 Å². The molecule has 2 amide bonds. The number of hydrogen-bond donors (Lipinski definition) is 1. The molecule has 0 bridgehead atoms. The van der Waals surface area contributed by atoms with Gasteiger partial charge in [-0.3, -0.25) is 14.5 Å². The highest BCUT2D eigenvalue weighted by molar-refractivity contribution is 8.26. The molecule has 0 radical (unpaired) electrons. The minimum Gasteiger partial charge on any atom is -0.508 e. The standard InChI is InChI=1S/C23H17N3O5S2/c1-2-31-22(30)19-17(20(28)26(24-19)15-8-4-3-5-9-15)13-25-21(29)18(33-23(25)32)12-14-7-6-10-16(27)11-14/h3-13,27H,2H2,1H3. The van der Waals surface area contributed by atoms with Gasteiger partial charge in [-0.15, -0.1) is 0 Å². The van der Waals surface area contributed by atoms with E-state index in [1.165, 1.54) is 18.3 Å². The largest absolute Gasteiger partial charge is 0.508 e. The summed E-state index contributed by atoms with van der Waals surface area (Å²) in [6, 6.07) is 15.0. The molecule has 2 heterocycles. The number of benzene rings is 2. The molecule has 0 saturated carbocycles. The van der Waals surface area contributed by atoms with Crippen molar-refractivity contribution in [1.82, 2.24) is 4.90 Å². The van der Waals surface area contributed by atoms with E-state index in [2.05, 4.69) is 5.10 Å². The number of thioether (sulfide) groups is 1. The zero-order valence-electron chi connectivity index (χ0n) is 17.3. The van der Waals surface area contributed by atoms with Crippen molar-refractivity contribution in [1.29, 1.82) is 0 Å². The summed E-state index contributed by atoms with van der Waals surface area (Å²) in [5.41, 5.74) is 0.759. The number of thiocarbonyl (C=S) groups is 1. The van der Waals surface area contributed by atoms with Crippen molar-refractivity contribution < 1.29 is 24.2 Å². The van der Waals surface area contributed by atoms with E-state index in [9.17, 15) is 19.5 Å². The van der Waals surface area contributed by atoms with Crippen LogP contribution in [0.25, 0.3) is 6.08 Å². The molecule has 0 unspecified atom stereocenters. The molecule has 1 fully saturated rings. The first-order valence-electron chi connectivity index (χ1n) is 9.82. The second-order valence-corrected chi connectivity index (χ2v) is 8.49. The Morgan fingerprint density at radius 3 is 2.61 bits per heavy atom. The number of ether oxygens (including phenoxy) is 1. The van der Waals surface area contributed by atoms with E-state index in [4.69, 9.17) is 17.0 Å². The number of phenolic OH excluding ortho intramolecular Hbond substituents is 1. The molecule has 33 heavy (non-hydrogen) atoms. The lowest BCUT2D eigenvalue weighted by atomic mass is 10.1. The van der Waals surface area contributed by atoms with Crippen molar-refractivity contribution in [3.05, 3.63) is 76.8 Å². The number of carbonyl (C=O) groups excluding carboxylic acids is 3. The number of amides is 2. The molecule has 8 nitrogen and oxygen atoms in total. The van der Waals surface area contributed by atoms with Crippen molar-refractivity contribution in [3.63, 3.8) is 0 Å². The fourth-order valence-corrected chi connectivity index (χ4v) is 4.32. The van der Waals surface area contributed by atoms with Gasteiger partial charge in [-0.2, -0.15) is 10.1 Å². The molecule has 166 valence electrons. The van der Waals surface area contributed by atoms with Crippen molar-refractivity contribution in [3.8, 4) is 5.75 Å². The maximum atomic E-state index is 13.1. The zero-order chi connectivity index (χ0) is 23.5. The molecule has 1 N–H and O–H groups in total. The zero-order valence-corrected chi connectivity index (χ0v) is 18.9. The molecule has 0 spiro atoms. The van der Waals surface area contributed by atoms with Crippen LogP contribution in [0.3, 0.4) is 0 Å². The Balaban J connectivity index is 1.69. The molecular weight excluding hydrogens is 462 g/mol. The first-order chi connectivity index (χ1) is 15.9. The number of nitrogens with zero attached hydrogens (tertiary/aromatic N) is 3. The van der Waals surface area contributed by atoms with E-state index in [1.807, 2.05) is 0 Å². The Hall–Kier alpha value is -3.76. The van der Waals surface area contributed by atoms with E-state index in [-0.39, 0.29) is 28.0 Å². The number of hydrazone groups is 1. The van der Waals surface area contributed by atoms with Gasteiger partial charge >= 0.3 is 5.97 Å². The van der Waals surface area contributed by atoms with Crippen LogP contribution in [0, 0.1) is 0 Å².